The Morgan fingerprint density at radius 2 is 2.12 bits per heavy atom. The molecule has 1 unspecified atom stereocenters. The van der Waals surface area contributed by atoms with Gasteiger partial charge in [0.05, 0.1) is 11.4 Å². The fourth-order valence-electron chi connectivity index (χ4n) is 2.38. The van der Waals surface area contributed by atoms with E-state index in [9.17, 15) is 0 Å². The molecule has 0 radical (unpaired) electrons. The van der Waals surface area contributed by atoms with Gasteiger partial charge in [-0.05, 0) is 50.0 Å². The fourth-order valence-corrected chi connectivity index (χ4v) is 2.38. The van der Waals surface area contributed by atoms with Gasteiger partial charge in [0.2, 0.25) is 0 Å². The summed E-state index contributed by atoms with van der Waals surface area (Å²) in [5, 5.41) is 8.03. The van der Waals surface area contributed by atoms with Gasteiger partial charge in [0.25, 0.3) is 0 Å². The van der Waals surface area contributed by atoms with Crippen LogP contribution in [0.4, 0.5) is 0 Å². The molecule has 1 aliphatic rings. The topological polar surface area (TPSA) is 29.9 Å². The smallest absolute Gasteiger partial charge is 0.0645 e. The number of rotatable bonds is 3. The van der Waals surface area contributed by atoms with Crippen LogP contribution in [0.3, 0.4) is 0 Å². The number of nitrogens with zero attached hydrogens (tertiary/aromatic N) is 2. The lowest BCUT2D eigenvalue weighted by Crippen LogP contribution is -2.11. The van der Waals surface area contributed by atoms with Crippen LogP contribution in [0.2, 0.25) is 0 Å². The highest BCUT2D eigenvalue weighted by Gasteiger charge is 2.16. The average molecular weight is 227 g/mol. The van der Waals surface area contributed by atoms with Gasteiger partial charge < -0.3 is 5.32 Å². The maximum atomic E-state index is 4.63. The summed E-state index contributed by atoms with van der Waals surface area (Å²) in [5.41, 5.74) is 2.32. The Morgan fingerprint density at radius 1 is 1.24 bits per heavy atom. The van der Waals surface area contributed by atoms with Gasteiger partial charge in [0.15, 0.2) is 0 Å². The first-order chi connectivity index (χ1) is 8.42. The standard InChI is InChI=1S/C14H17N3/c1-2-4-14(5-3-1)17-9-7-13(16-17)10-12-6-8-15-11-12/h1-5,7,9,12,15H,6,8,10-11H2. The van der Waals surface area contributed by atoms with Crippen LogP contribution in [-0.2, 0) is 6.42 Å². The molecule has 17 heavy (non-hydrogen) atoms. The highest BCUT2D eigenvalue weighted by atomic mass is 15.3. The van der Waals surface area contributed by atoms with E-state index in [2.05, 4.69) is 28.6 Å². The van der Waals surface area contributed by atoms with Gasteiger partial charge in [0, 0.05) is 6.20 Å². The minimum Gasteiger partial charge on any atom is -0.316 e. The predicted molar refractivity (Wildman–Crippen MR) is 68.2 cm³/mol. The number of hydrogen-bond acceptors (Lipinski definition) is 2. The molecular formula is C14H17N3. The van der Waals surface area contributed by atoms with Crippen LogP contribution in [0.25, 0.3) is 5.69 Å². The molecule has 0 amide bonds. The average Bonchev–Trinajstić information content (AvgIpc) is 3.02. The van der Waals surface area contributed by atoms with E-state index in [0.29, 0.717) is 0 Å². The molecule has 2 aromatic rings. The maximum absolute atomic E-state index is 4.63. The van der Waals surface area contributed by atoms with E-state index in [0.717, 1.165) is 31.1 Å². The van der Waals surface area contributed by atoms with Gasteiger partial charge in [-0.1, -0.05) is 18.2 Å². The van der Waals surface area contributed by atoms with Gasteiger partial charge in [0.1, 0.15) is 0 Å². The molecule has 1 N–H and O–H groups in total. The Balaban J connectivity index is 1.74. The SMILES string of the molecule is c1ccc(-n2ccc(CC3CCNC3)n2)cc1. The molecule has 3 rings (SSSR count). The third-order valence-electron chi connectivity index (χ3n) is 3.33. The van der Waals surface area contributed by atoms with Crippen molar-refractivity contribution < 1.29 is 0 Å². The molecule has 0 bridgehead atoms. The van der Waals surface area contributed by atoms with Crippen molar-refractivity contribution in [1.29, 1.82) is 0 Å². The Hall–Kier alpha value is -1.61. The summed E-state index contributed by atoms with van der Waals surface area (Å²) in [6, 6.07) is 12.4. The molecule has 1 aliphatic heterocycles. The molecule has 88 valence electrons. The molecule has 0 spiro atoms. The Morgan fingerprint density at radius 3 is 2.88 bits per heavy atom. The zero-order valence-electron chi connectivity index (χ0n) is 9.84. The van der Waals surface area contributed by atoms with Gasteiger partial charge in [-0.2, -0.15) is 5.10 Å². The molecule has 1 saturated heterocycles. The predicted octanol–water partition coefficient (Wildman–Crippen LogP) is 2.02. The summed E-state index contributed by atoms with van der Waals surface area (Å²) < 4.78 is 1.96. The third kappa shape index (κ3) is 2.39. The molecule has 3 heteroatoms. The Kier molecular flexibility index (Phi) is 2.92. The van der Waals surface area contributed by atoms with Crippen LogP contribution in [0.1, 0.15) is 12.1 Å². The van der Waals surface area contributed by atoms with Crippen LogP contribution in [-0.4, -0.2) is 22.9 Å². The second-order valence-corrected chi connectivity index (χ2v) is 4.65. The molecule has 1 atom stereocenters. The van der Waals surface area contributed by atoms with Crippen LogP contribution < -0.4 is 5.32 Å². The van der Waals surface area contributed by atoms with E-state index in [1.165, 1.54) is 12.1 Å². The van der Waals surface area contributed by atoms with Crippen molar-refractivity contribution in [2.24, 2.45) is 5.92 Å². The zero-order chi connectivity index (χ0) is 11.5. The maximum Gasteiger partial charge on any atom is 0.0645 e. The minimum absolute atomic E-state index is 0.758. The van der Waals surface area contributed by atoms with E-state index in [-0.39, 0.29) is 0 Å². The first-order valence-corrected chi connectivity index (χ1v) is 6.22. The monoisotopic (exact) mass is 227 g/mol. The fraction of sp³-hybridized carbons (Fsp3) is 0.357. The van der Waals surface area contributed by atoms with Crippen molar-refractivity contribution in [2.75, 3.05) is 13.1 Å². The lowest BCUT2D eigenvalue weighted by molar-refractivity contribution is 0.568. The number of nitrogens with one attached hydrogen (secondary N) is 1. The Labute approximate surface area is 101 Å². The van der Waals surface area contributed by atoms with Crippen molar-refractivity contribution in [3.8, 4) is 5.69 Å². The molecule has 3 nitrogen and oxygen atoms in total. The summed E-state index contributed by atoms with van der Waals surface area (Å²) in [6.45, 7) is 2.29. The molecule has 1 aromatic carbocycles. The quantitative estimate of drug-likeness (QED) is 0.869. The summed E-state index contributed by atoms with van der Waals surface area (Å²) in [7, 11) is 0. The van der Waals surface area contributed by atoms with Crippen LogP contribution >= 0.6 is 0 Å². The summed E-state index contributed by atoms with van der Waals surface area (Å²) in [6.07, 6.45) is 4.41. The second kappa shape index (κ2) is 4.72. The highest BCUT2D eigenvalue weighted by molar-refractivity contribution is 5.30. The van der Waals surface area contributed by atoms with Crippen LogP contribution in [0, 0.1) is 5.92 Å². The normalized spacial score (nSPS) is 19.6. The van der Waals surface area contributed by atoms with Crippen LogP contribution in [0.5, 0.6) is 0 Å². The van der Waals surface area contributed by atoms with Crippen molar-refractivity contribution >= 4 is 0 Å². The van der Waals surface area contributed by atoms with Gasteiger partial charge in [-0.25, -0.2) is 4.68 Å². The van der Waals surface area contributed by atoms with Crippen LogP contribution in [0.15, 0.2) is 42.6 Å². The van der Waals surface area contributed by atoms with Crippen molar-refractivity contribution in [3.63, 3.8) is 0 Å². The van der Waals surface area contributed by atoms with Gasteiger partial charge in [-0.15, -0.1) is 0 Å². The van der Waals surface area contributed by atoms with E-state index < -0.39 is 0 Å². The molecule has 0 aliphatic carbocycles. The zero-order valence-corrected chi connectivity index (χ0v) is 9.84. The van der Waals surface area contributed by atoms with E-state index in [4.69, 9.17) is 0 Å². The summed E-state index contributed by atoms with van der Waals surface area (Å²) in [5.74, 6) is 0.758. The van der Waals surface area contributed by atoms with E-state index in [1.807, 2.05) is 29.1 Å². The lowest BCUT2D eigenvalue weighted by Gasteiger charge is -2.04. The number of benzene rings is 1. The lowest BCUT2D eigenvalue weighted by atomic mass is 10.0. The number of para-hydroxylation sites is 1. The number of aromatic nitrogens is 2. The molecule has 0 saturated carbocycles. The molecular weight excluding hydrogens is 210 g/mol. The molecule has 1 fully saturated rings. The van der Waals surface area contributed by atoms with Crippen molar-refractivity contribution in [1.82, 2.24) is 15.1 Å². The van der Waals surface area contributed by atoms with E-state index >= 15 is 0 Å². The third-order valence-corrected chi connectivity index (χ3v) is 3.33. The van der Waals surface area contributed by atoms with Crippen molar-refractivity contribution in [3.05, 3.63) is 48.3 Å². The summed E-state index contributed by atoms with van der Waals surface area (Å²) in [4.78, 5) is 0. The first kappa shape index (κ1) is 10.5. The van der Waals surface area contributed by atoms with Crippen molar-refractivity contribution in [2.45, 2.75) is 12.8 Å². The summed E-state index contributed by atoms with van der Waals surface area (Å²) >= 11 is 0. The van der Waals surface area contributed by atoms with Gasteiger partial charge in [-0.3, -0.25) is 0 Å². The van der Waals surface area contributed by atoms with E-state index in [1.54, 1.807) is 0 Å². The second-order valence-electron chi connectivity index (χ2n) is 4.65. The molecule has 2 heterocycles. The largest absolute Gasteiger partial charge is 0.316 e. The Bertz CT molecular complexity index is 469. The van der Waals surface area contributed by atoms with Gasteiger partial charge >= 0.3 is 0 Å². The molecule has 1 aromatic heterocycles. The minimum atomic E-state index is 0.758. The number of hydrogen-bond donors (Lipinski definition) is 1. The first-order valence-electron chi connectivity index (χ1n) is 6.22. The highest BCUT2D eigenvalue weighted by Crippen LogP contribution is 2.15.